The van der Waals surface area contributed by atoms with Crippen LogP contribution in [-0.2, 0) is 11.4 Å². The van der Waals surface area contributed by atoms with Gasteiger partial charge in [-0.05, 0) is 68.4 Å². The number of amides is 1. The number of benzene rings is 3. The molecule has 0 radical (unpaired) electrons. The standard InChI is InChI=1S/C29H34N4O2S/c1-32-15-17-33(18-16-32)27-13-12-25(20-28(27)35-21-22-7-3-2-4-8-22)36-24-10-5-9-23(19-24)31-29(34)26-11-6-14-30-26/h2-5,7-10,12-13,19-20,26,30H,6,11,14-18,21H2,1H3,(H,31,34). The number of hydrogen-bond donors (Lipinski definition) is 2. The van der Waals surface area contributed by atoms with Gasteiger partial charge < -0.3 is 25.2 Å². The fourth-order valence-corrected chi connectivity index (χ4v) is 5.54. The first kappa shape index (κ1) is 24.7. The monoisotopic (exact) mass is 502 g/mol. The Morgan fingerprint density at radius 1 is 1.00 bits per heavy atom. The average Bonchev–Trinajstić information content (AvgIpc) is 3.45. The summed E-state index contributed by atoms with van der Waals surface area (Å²) in [7, 11) is 2.17. The third-order valence-corrected chi connectivity index (χ3v) is 7.71. The molecule has 188 valence electrons. The lowest BCUT2D eigenvalue weighted by atomic mass is 10.2. The summed E-state index contributed by atoms with van der Waals surface area (Å²) in [5.41, 5.74) is 3.13. The second-order valence-corrected chi connectivity index (χ2v) is 10.6. The molecular formula is C29H34N4O2S. The van der Waals surface area contributed by atoms with Crippen molar-refractivity contribution in [3.63, 3.8) is 0 Å². The van der Waals surface area contributed by atoms with Gasteiger partial charge in [0.15, 0.2) is 0 Å². The third kappa shape index (κ3) is 6.40. The molecule has 5 rings (SSSR count). The van der Waals surface area contributed by atoms with E-state index in [1.54, 1.807) is 11.8 Å². The molecule has 2 saturated heterocycles. The van der Waals surface area contributed by atoms with Crippen LogP contribution < -0.4 is 20.3 Å². The lowest BCUT2D eigenvalue weighted by molar-refractivity contribution is -0.117. The highest BCUT2D eigenvalue weighted by molar-refractivity contribution is 7.99. The third-order valence-electron chi connectivity index (χ3n) is 6.73. The molecule has 0 aliphatic carbocycles. The highest BCUT2D eigenvalue weighted by Gasteiger charge is 2.22. The van der Waals surface area contributed by atoms with Gasteiger partial charge in [0.05, 0.1) is 11.7 Å². The number of carbonyl (C=O) groups is 1. The molecule has 2 aliphatic rings. The molecule has 0 saturated carbocycles. The van der Waals surface area contributed by atoms with Gasteiger partial charge in [0.2, 0.25) is 5.91 Å². The van der Waals surface area contributed by atoms with Crippen LogP contribution in [0.1, 0.15) is 18.4 Å². The van der Waals surface area contributed by atoms with Crippen molar-refractivity contribution in [2.45, 2.75) is 35.3 Å². The van der Waals surface area contributed by atoms with Gasteiger partial charge in [0.25, 0.3) is 0 Å². The van der Waals surface area contributed by atoms with E-state index in [0.717, 1.165) is 78.0 Å². The Hall–Kier alpha value is -3.00. The van der Waals surface area contributed by atoms with E-state index in [-0.39, 0.29) is 11.9 Å². The number of hydrogen-bond acceptors (Lipinski definition) is 6. The summed E-state index contributed by atoms with van der Waals surface area (Å²) in [4.78, 5) is 19.5. The van der Waals surface area contributed by atoms with Crippen LogP contribution in [0.15, 0.2) is 82.6 Å². The largest absolute Gasteiger partial charge is 0.487 e. The molecule has 1 unspecified atom stereocenters. The zero-order valence-corrected chi connectivity index (χ0v) is 21.6. The Morgan fingerprint density at radius 2 is 1.81 bits per heavy atom. The van der Waals surface area contributed by atoms with Gasteiger partial charge in [0, 0.05) is 41.7 Å². The number of ether oxygens (including phenoxy) is 1. The van der Waals surface area contributed by atoms with Crippen molar-refractivity contribution in [2.75, 3.05) is 50.0 Å². The van der Waals surface area contributed by atoms with Crippen LogP contribution in [0.5, 0.6) is 5.75 Å². The van der Waals surface area contributed by atoms with Gasteiger partial charge >= 0.3 is 0 Å². The van der Waals surface area contributed by atoms with E-state index in [9.17, 15) is 4.79 Å². The summed E-state index contributed by atoms with van der Waals surface area (Å²) in [6.07, 6.45) is 1.94. The van der Waals surface area contributed by atoms with Crippen molar-refractivity contribution in [1.29, 1.82) is 0 Å². The topological polar surface area (TPSA) is 56.8 Å². The number of anilines is 2. The molecular weight excluding hydrogens is 468 g/mol. The van der Waals surface area contributed by atoms with Crippen molar-refractivity contribution in [3.05, 3.63) is 78.4 Å². The Morgan fingerprint density at radius 3 is 2.58 bits per heavy atom. The SMILES string of the molecule is CN1CCN(c2ccc(Sc3cccc(NC(=O)C4CCCN4)c3)cc2OCc2ccccc2)CC1. The van der Waals surface area contributed by atoms with Crippen molar-refractivity contribution in [2.24, 2.45) is 0 Å². The lowest BCUT2D eigenvalue weighted by Crippen LogP contribution is -2.44. The molecule has 2 fully saturated rings. The molecule has 1 atom stereocenters. The Balaban J connectivity index is 1.32. The first-order chi connectivity index (χ1) is 17.6. The molecule has 0 aromatic heterocycles. The van der Waals surface area contributed by atoms with Gasteiger partial charge in [-0.2, -0.15) is 0 Å². The summed E-state index contributed by atoms with van der Waals surface area (Å²) in [5.74, 6) is 0.952. The minimum Gasteiger partial charge on any atom is -0.487 e. The number of nitrogens with zero attached hydrogens (tertiary/aromatic N) is 2. The summed E-state index contributed by atoms with van der Waals surface area (Å²) in [6.45, 7) is 5.51. The normalized spacial score (nSPS) is 18.2. The molecule has 3 aromatic rings. The van der Waals surface area contributed by atoms with Crippen LogP contribution in [0.3, 0.4) is 0 Å². The molecule has 6 nitrogen and oxygen atoms in total. The molecule has 3 aromatic carbocycles. The quantitative estimate of drug-likeness (QED) is 0.459. The Kier molecular flexibility index (Phi) is 8.11. The van der Waals surface area contributed by atoms with Crippen LogP contribution in [0.25, 0.3) is 0 Å². The average molecular weight is 503 g/mol. The van der Waals surface area contributed by atoms with Crippen LogP contribution in [0.2, 0.25) is 0 Å². The molecule has 0 spiro atoms. The van der Waals surface area contributed by atoms with E-state index in [1.807, 2.05) is 36.4 Å². The molecule has 2 heterocycles. The molecule has 1 amide bonds. The summed E-state index contributed by atoms with van der Waals surface area (Å²) >= 11 is 1.68. The van der Waals surface area contributed by atoms with Gasteiger partial charge in [-0.15, -0.1) is 0 Å². The molecule has 2 aliphatic heterocycles. The maximum Gasteiger partial charge on any atom is 0.241 e. The van der Waals surface area contributed by atoms with E-state index in [2.05, 4.69) is 63.9 Å². The van der Waals surface area contributed by atoms with Crippen molar-refractivity contribution < 1.29 is 9.53 Å². The molecule has 0 bridgehead atoms. The van der Waals surface area contributed by atoms with Crippen molar-refractivity contribution >= 4 is 29.0 Å². The van der Waals surface area contributed by atoms with Gasteiger partial charge in [-0.1, -0.05) is 48.2 Å². The number of carbonyl (C=O) groups excluding carboxylic acids is 1. The second-order valence-electron chi connectivity index (χ2n) is 9.46. The first-order valence-electron chi connectivity index (χ1n) is 12.7. The molecule has 2 N–H and O–H groups in total. The number of likely N-dealkylation sites (N-methyl/N-ethyl adjacent to an activating group) is 1. The highest BCUT2D eigenvalue weighted by Crippen LogP contribution is 2.37. The van der Waals surface area contributed by atoms with E-state index in [0.29, 0.717) is 6.61 Å². The predicted molar refractivity (Wildman–Crippen MR) is 147 cm³/mol. The second kappa shape index (κ2) is 11.8. The van der Waals surface area contributed by atoms with Crippen LogP contribution in [0, 0.1) is 0 Å². The zero-order valence-electron chi connectivity index (χ0n) is 20.8. The van der Waals surface area contributed by atoms with Gasteiger partial charge in [0.1, 0.15) is 12.4 Å². The van der Waals surface area contributed by atoms with E-state index >= 15 is 0 Å². The predicted octanol–water partition coefficient (Wildman–Crippen LogP) is 4.86. The van der Waals surface area contributed by atoms with Crippen LogP contribution in [0.4, 0.5) is 11.4 Å². The Labute approximate surface area is 218 Å². The summed E-state index contributed by atoms with van der Waals surface area (Å²) in [5, 5.41) is 6.32. The van der Waals surface area contributed by atoms with Crippen LogP contribution >= 0.6 is 11.8 Å². The minimum absolute atomic E-state index is 0.0442. The van der Waals surface area contributed by atoms with E-state index in [4.69, 9.17) is 4.74 Å². The fourth-order valence-electron chi connectivity index (χ4n) is 4.63. The maximum absolute atomic E-state index is 12.5. The van der Waals surface area contributed by atoms with E-state index in [1.165, 1.54) is 0 Å². The van der Waals surface area contributed by atoms with Gasteiger partial charge in [-0.25, -0.2) is 0 Å². The lowest BCUT2D eigenvalue weighted by Gasteiger charge is -2.35. The number of nitrogens with one attached hydrogen (secondary N) is 2. The summed E-state index contributed by atoms with van der Waals surface area (Å²) in [6, 6.07) is 24.8. The molecule has 36 heavy (non-hydrogen) atoms. The van der Waals surface area contributed by atoms with Crippen molar-refractivity contribution in [1.82, 2.24) is 10.2 Å². The van der Waals surface area contributed by atoms with Gasteiger partial charge in [-0.3, -0.25) is 4.79 Å². The smallest absolute Gasteiger partial charge is 0.241 e. The fraction of sp³-hybridized carbons (Fsp3) is 0.345. The first-order valence-corrected chi connectivity index (χ1v) is 13.5. The molecule has 7 heteroatoms. The Bertz CT molecular complexity index is 1160. The summed E-state index contributed by atoms with van der Waals surface area (Å²) < 4.78 is 6.38. The zero-order chi connectivity index (χ0) is 24.7. The number of rotatable bonds is 8. The van der Waals surface area contributed by atoms with Crippen LogP contribution in [-0.4, -0.2) is 56.6 Å². The van der Waals surface area contributed by atoms with E-state index < -0.39 is 0 Å². The minimum atomic E-state index is -0.0900. The maximum atomic E-state index is 12.5. The number of piperazine rings is 1. The highest BCUT2D eigenvalue weighted by atomic mass is 32.2. The van der Waals surface area contributed by atoms with Crippen molar-refractivity contribution in [3.8, 4) is 5.75 Å².